The first-order valence-electron chi connectivity index (χ1n) is 17.2. The van der Waals surface area contributed by atoms with Gasteiger partial charge in [0, 0.05) is 24.2 Å². The van der Waals surface area contributed by atoms with Crippen molar-refractivity contribution >= 4 is 5.78 Å². The summed E-state index contributed by atoms with van der Waals surface area (Å²) in [6.07, 6.45) is 11.4. The first-order valence-corrected chi connectivity index (χ1v) is 17.2. The lowest BCUT2D eigenvalue weighted by atomic mass is 9.41. The van der Waals surface area contributed by atoms with E-state index in [1.807, 2.05) is 42.5 Å². The van der Waals surface area contributed by atoms with Crippen LogP contribution >= 0.6 is 0 Å². The number of carbonyl (C=O) groups excluding carboxylic acids is 1. The highest BCUT2D eigenvalue weighted by Gasteiger charge is 2.64. The highest BCUT2D eigenvalue weighted by Crippen LogP contribution is 2.69. The van der Waals surface area contributed by atoms with Gasteiger partial charge in [0.1, 0.15) is 0 Å². The number of ether oxygens (including phenoxy) is 1. The minimum Gasteiger partial charge on any atom is -0.478 e. The molecule has 4 fully saturated rings. The van der Waals surface area contributed by atoms with Gasteiger partial charge in [0.2, 0.25) is 5.88 Å². The Morgan fingerprint density at radius 3 is 2.44 bits per heavy atom. The quantitative estimate of drug-likeness (QED) is 0.296. The second kappa shape index (κ2) is 12.3. The van der Waals surface area contributed by atoms with Gasteiger partial charge in [-0.3, -0.25) is 4.79 Å². The monoisotopic (exact) mass is 587 g/mol. The van der Waals surface area contributed by atoms with E-state index in [1.165, 1.54) is 25.7 Å². The largest absolute Gasteiger partial charge is 0.478 e. The van der Waals surface area contributed by atoms with Gasteiger partial charge in [-0.15, -0.1) is 0 Å². The smallest absolute Gasteiger partial charge is 0.213 e. The van der Waals surface area contributed by atoms with E-state index in [4.69, 9.17) is 4.74 Å². The first kappa shape index (κ1) is 30.8. The molecule has 4 aliphatic carbocycles. The molecule has 6 rings (SSSR count). The molecule has 43 heavy (non-hydrogen) atoms. The Bertz CT molecular complexity index is 1250. The van der Waals surface area contributed by atoms with Crippen molar-refractivity contribution in [1.29, 1.82) is 0 Å². The predicted molar refractivity (Wildman–Crippen MR) is 170 cm³/mol. The summed E-state index contributed by atoms with van der Waals surface area (Å²) in [6.45, 7) is 10.3. The van der Waals surface area contributed by atoms with Crippen molar-refractivity contribution < 1.29 is 19.7 Å². The molecule has 4 aliphatic rings. The van der Waals surface area contributed by atoms with Crippen LogP contribution in [0.2, 0.25) is 0 Å². The Labute approximate surface area is 258 Å². The summed E-state index contributed by atoms with van der Waals surface area (Å²) < 4.78 is 6.09. The molecule has 0 amide bonds. The molecule has 1 heterocycles. The molecule has 0 spiro atoms. The maximum Gasteiger partial charge on any atom is 0.213 e. The summed E-state index contributed by atoms with van der Waals surface area (Å²) >= 11 is 0. The molecule has 1 aromatic carbocycles. The van der Waals surface area contributed by atoms with Crippen LogP contribution in [0, 0.1) is 52.3 Å². The number of aliphatic hydroxyl groups excluding tert-OH is 2. The molecular formula is C38H53NO4. The second-order valence-electron chi connectivity index (χ2n) is 15.2. The van der Waals surface area contributed by atoms with E-state index in [1.54, 1.807) is 6.20 Å². The fourth-order valence-electron chi connectivity index (χ4n) is 11.0. The van der Waals surface area contributed by atoms with Crippen LogP contribution in [-0.2, 0) is 6.42 Å². The third-order valence-corrected chi connectivity index (χ3v) is 13.2. The first-order chi connectivity index (χ1) is 20.7. The van der Waals surface area contributed by atoms with Gasteiger partial charge in [-0.25, -0.2) is 4.98 Å². The molecule has 1 aromatic heterocycles. The molecule has 2 N–H and O–H groups in total. The third-order valence-electron chi connectivity index (χ3n) is 13.2. The number of ketones is 1. The van der Waals surface area contributed by atoms with Gasteiger partial charge in [0.25, 0.3) is 0 Å². The molecule has 0 unspecified atom stereocenters. The van der Waals surface area contributed by atoms with E-state index in [-0.39, 0.29) is 28.8 Å². The topological polar surface area (TPSA) is 79.7 Å². The zero-order chi connectivity index (χ0) is 30.4. The Hall–Kier alpha value is -2.24. The molecule has 4 saturated carbocycles. The van der Waals surface area contributed by atoms with E-state index >= 15 is 0 Å². The maximum atomic E-state index is 12.7. The van der Waals surface area contributed by atoms with Crippen LogP contribution in [0.25, 0.3) is 0 Å². The van der Waals surface area contributed by atoms with Crippen molar-refractivity contribution in [2.45, 2.75) is 104 Å². The Morgan fingerprint density at radius 2 is 1.72 bits per heavy atom. The van der Waals surface area contributed by atoms with Crippen LogP contribution in [0.3, 0.4) is 0 Å². The van der Waals surface area contributed by atoms with Gasteiger partial charge in [0.05, 0.1) is 18.8 Å². The van der Waals surface area contributed by atoms with Gasteiger partial charge in [-0.2, -0.15) is 0 Å². The lowest BCUT2D eigenvalue weighted by molar-refractivity contribution is -0.203. The number of Topliss-reactive ketones (excluding diaryl/α,β-unsaturated/α-hetero) is 1. The minimum absolute atomic E-state index is 0.0663. The SMILES string of the molecule is CC[C@H]1[C@@H](O)[C@@H]2[C@H](CC[C@]3(C)[C@@H]([C@H](C)CCOc4ccc(C(=O)Cc5ccccc5)cn4)CC[C@@H]23)[C@@]2(C)CC[C@@H](O)C[C@@H]12. The van der Waals surface area contributed by atoms with Crippen molar-refractivity contribution in [2.75, 3.05) is 6.61 Å². The van der Waals surface area contributed by atoms with Crippen LogP contribution in [0.5, 0.6) is 5.88 Å². The summed E-state index contributed by atoms with van der Waals surface area (Å²) in [4.78, 5) is 17.1. The number of nitrogens with zero attached hydrogens (tertiary/aromatic N) is 1. The van der Waals surface area contributed by atoms with Crippen molar-refractivity contribution in [2.24, 2.45) is 52.3 Å². The number of pyridine rings is 1. The summed E-state index contributed by atoms with van der Waals surface area (Å²) in [6, 6.07) is 13.5. The Kier molecular flexibility index (Phi) is 8.78. The number of aliphatic hydroxyl groups is 2. The Balaban J connectivity index is 1.07. The molecule has 2 aromatic rings. The highest BCUT2D eigenvalue weighted by molar-refractivity contribution is 5.97. The van der Waals surface area contributed by atoms with Gasteiger partial charge in [-0.1, -0.05) is 64.4 Å². The van der Waals surface area contributed by atoms with E-state index < -0.39 is 0 Å². The van der Waals surface area contributed by atoms with Gasteiger partial charge < -0.3 is 14.9 Å². The average Bonchev–Trinajstić information content (AvgIpc) is 3.36. The maximum absolute atomic E-state index is 12.7. The third kappa shape index (κ3) is 5.58. The molecule has 11 atom stereocenters. The van der Waals surface area contributed by atoms with Crippen molar-refractivity contribution in [1.82, 2.24) is 4.98 Å². The zero-order valence-corrected chi connectivity index (χ0v) is 26.8. The van der Waals surface area contributed by atoms with E-state index in [2.05, 4.69) is 32.7 Å². The molecule has 5 nitrogen and oxygen atoms in total. The van der Waals surface area contributed by atoms with Crippen LogP contribution < -0.4 is 4.74 Å². The fraction of sp³-hybridized carbons (Fsp3) is 0.684. The van der Waals surface area contributed by atoms with Crippen LogP contribution in [-0.4, -0.2) is 39.8 Å². The molecule has 234 valence electrons. The van der Waals surface area contributed by atoms with Crippen molar-refractivity contribution in [3.05, 3.63) is 59.8 Å². The summed E-state index contributed by atoms with van der Waals surface area (Å²) in [5.74, 6) is 4.12. The summed E-state index contributed by atoms with van der Waals surface area (Å²) in [5.41, 5.74) is 2.13. The molecule has 0 aliphatic heterocycles. The zero-order valence-electron chi connectivity index (χ0n) is 26.8. The van der Waals surface area contributed by atoms with Crippen molar-refractivity contribution in [3.63, 3.8) is 0 Å². The number of fused-ring (bicyclic) bond motifs is 5. The standard InChI is InChI=1S/C38H53NO4/c1-5-28-32-22-27(40)15-18-38(32,4)31-16-19-37(3)29(12-13-30(37)35(31)36(28)42)24(2)17-20-43-34-14-11-26(23-39-34)33(41)21-25-9-7-6-8-10-25/h6-11,14,23-24,27-32,35-36,40,42H,5,12-13,15-22H2,1-4H3/t24-,27-,28-,29-,30+,31+,32+,35+,36-,37-,38-/m1/s1. The van der Waals surface area contributed by atoms with E-state index in [0.717, 1.165) is 37.7 Å². The molecule has 0 radical (unpaired) electrons. The van der Waals surface area contributed by atoms with Crippen LogP contribution in [0.15, 0.2) is 48.7 Å². The number of hydrogen-bond donors (Lipinski definition) is 2. The minimum atomic E-state index is -0.242. The van der Waals surface area contributed by atoms with E-state index in [9.17, 15) is 15.0 Å². The molecular weight excluding hydrogens is 534 g/mol. The second-order valence-corrected chi connectivity index (χ2v) is 15.2. The normalized spacial score (nSPS) is 39.3. The molecule has 0 bridgehead atoms. The van der Waals surface area contributed by atoms with Gasteiger partial charge in [-0.05, 0) is 115 Å². The summed E-state index contributed by atoms with van der Waals surface area (Å²) in [5, 5.41) is 22.5. The van der Waals surface area contributed by atoms with Gasteiger partial charge in [0.15, 0.2) is 5.78 Å². The highest BCUT2D eigenvalue weighted by atomic mass is 16.5. The number of carbonyl (C=O) groups is 1. The summed E-state index contributed by atoms with van der Waals surface area (Å²) in [7, 11) is 0. The lowest BCUT2D eigenvalue weighted by Crippen LogP contribution is -2.62. The van der Waals surface area contributed by atoms with Crippen LogP contribution in [0.4, 0.5) is 0 Å². The predicted octanol–water partition coefficient (Wildman–Crippen LogP) is 7.54. The molecule has 0 saturated heterocycles. The lowest BCUT2D eigenvalue weighted by Gasteiger charge is -2.64. The number of rotatable bonds is 9. The van der Waals surface area contributed by atoms with Crippen molar-refractivity contribution in [3.8, 4) is 5.88 Å². The fourth-order valence-corrected chi connectivity index (χ4v) is 11.0. The van der Waals surface area contributed by atoms with E-state index in [0.29, 0.717) is 65.9 Å². The number of hydrogen-bond acceptors (Lipinski definition) is 5. The Morgan fingerprint density at radius 1 is 0.977 bits per heavy atom. The van der Waals surface area contributed by atoms with Crippen LogP contribution in [0.1, 0.15) is 101 Å². The van der Waals surface area contributed by atoms with Gasteiger partial charge >= 0.3 is 0 Å². The average molecular weight is 588 g/mol. The number of aromatic nitrogens is 1. The number of benzene rings is 1. The molecule has 5 heteroatoms.